The smallest absolute Gasteiger partial charge is 0.303 e. The number of carboxylic acid groups (broad SMARTS) is 1. The minimum atomic E-state index is -3.50. The fraction of sp³-hybridized carbons (Fsp3) is 0.316. The minimum Gasteiger partial charge on any atom is -0.481 e. The molecule has 0 aliphatic rings. The molecule has 0 aliphatic carbocycles. The summed E-state index contributed by atoms with van der Waals surface area (Å²) in [6.45, 7) is 5.93. The molecule has 1 aromatic carbocycles. The van der Waals surface area contributed by atoms with Crippen LogP contribution < -0.4 is 4.72 Å². The number of rotatable bonds is 6. The Bertz CT molecular complexity index is 1020. The molecule has 0 amide bonds. The van der Waals surface area contributed by atoms with Crippen molar-refractivity contribution >= 4 is 38.3 Å². The van der Waals surface area contributed by atoms with E-state index in [1.807, 2.05) is 25.3 Å². The SMILES string of the molecule is CCC(=O)O.Cc1ccsc1CCNS(=O)(=O)c1ccc2occ(C)c2c1. The maximum Gasteiger partial charge on any atom is 0.303 e. The van der Waals surface area contributed by atoms with E-state index >= 15 is 0 Å². The highest BCUT2D eigenvalue weighted by Gasteiger charge is 2.15. The van der Waals surface area contributed by atoms with Gasteiger partial charge in [-0.15, -0.1) is 11.3 Å². The molecule has 0 radical (unpaired) electrons. The molecule has 8 heteroatoms. The van der Waals surface area contributed by atoms with Gasteiger partial charge in [0.15, 0.2) is 0 Å². The molecule has 0 atom stereocenters. The van der Waals surface area contributed by atoms with E-state index in [1.54, 1.807) is 42.7 Å². The number of nitrogens with one attached hydrogen (secondary N) is 1. The zero-order chi connectivity index (χ0) is 20.0. The van der Waals surface area contributed by atoms with Crippen LogP contribution in [0.25, 0.3) is 11.0 Å². The minimum absolute atomic E-state index is 0.222. The highest BCUT2D eigenvalue weighted by Crippen LogP contribution is 2.24. The van der Waals surface area contributed by atoms with Gasteiger partial charge in [0, 0.05) is 23.2 Å². The van der Waals surface area contributed by atoms with Crippen molar-refractivity contribution in [2.24, 2.45) is 0 Å². The van der Waals surface area contributed by atoms with E-state index in [4.69, 9.17) is 9.52 Å². The molecule has 6 nitrogen and oxygen atoms in total. The Hall–Kier alpha value is -2.16. The van der Waals surface area contributed by atoms with Gasteiger partial charge in [0.1, 0.15) is 5.58 Å². The second-order valence-corrected chi connectivity index (χ2v) is 8.77. The molecule has 3 aromatic rings. The van der Waals surface area contributed by atoms with Crippen LogP contribution in [0.1, 0.15) is 29.3 Å². The number of carbonyl (C=O) groups is 1. The molecular weight excluding hydrogens is 386 g/mol. The molecule has 146 valence electrons. The zero-order valence-corrected chi connectivity index (χ0v) is 17.1. The van der Waals surface area contributed by atoms with Crippen LogP contribution in [0.15, 0.2) is 45.2 Å². The third kappa shape index (κ3) is 5.66. The predicted octanol–water partition coefficient (Wildman–Crippen LogP) is 4.11. The van der Waals surface area contributed by atoms with Crippen LogP contribution in [0.5, 0.6) is 0 Å². The van der Waals surface area contributed by atoms with Crippen LogP contribution in [0.4, 0.5) is 0 Å². The van der Waals surface area contributed by atoms with E-state index in [0.717, 1.165) is 10.9 Å². The van der Waals surface area contributed by atoms with Gasteiger partial charge in [-0.3, -0.25) is 4.79 Å². The van der Waals surface area contributed by atoms with Crippen molar-refractivity contribution in [2.45, 2.75) is 38.5 Å². The molecule has 2 aromatic heterocycles. The van der Waals surface area contributed by atoms with Crippen molar-refractivity contribution < 1.29 is 22.7 Å². The number of benzene rings is 1. The summed E-state index contributed by atoms with van der Waals surface area (Å²) in [5, 5.41) is 10.6. The lowest BCUT2D eigenvalue weighted by atomic mass is 10.2. The molecule has 0 aliphatic heterocycles. The topological polar surface area (TPSA) is 96.6 Å². The van der Waals surface area contributed by atoms with Crippen molar-refractivity contribution in [1.82, 2.24) is 4.72 Å². The van der Waals surface area contributed by atoms with Crippen molar-refractivity contribution in [1.29, 1.82) is 0 Å². The maximum atomic E-state index is 12.4. The van der Waals surface area contributed by atoms with Crippen LogP contribution in [-0.4, -0.2) is 26.0 Å². The van der Waals surface area contributed by atoms with E-state index in [-0.39, 0.29) is 11.3 Å². The van der Waals surface area contributed by atoms with Crippen LogP contribution in [0.3, 0.4) is 0 Å². The van der Waals surface area contributed by atoms with Gasteiger partial charge < -0.3 is 9.52 Å². The molecule has 0 unspecified atom stereocenters. The van der Waals surface area contributed by atoms with E-state index in [2.05, 4.69) is 4.72 Å². The first-order chi connectivity index (χ1) is 12.7. The Morgan fingerprint density at radius 1 is 1.22 bits per heavy atom. The van der Waals surface area contributed by atoms with Gasteiger partial charge in [-0.05, 0) is 61.0 Å². The number of aliphatic carboxylic acids is 1. The van der Waals surface area contributed by atoms with Gasteiger partial charge in [-0.1, -0.05) is 6.92 Å². The summed E-state index contributed by atoms with van der Waals surface area (Å²) in [7, 11) is -3.50. The molecule has 0 saturated carbocycles. The summed E-state index contributed by atoms with van der Waals surface area (Å²) in [5.74, 6) is -0.745. The third-order valence-electron chi connectivity index (χ3n) is 3.96. The molecular formula is C19H23NO5S2. The maximum absolute atomic E-state index is 12.4. The van der Waals surface area contributed by atoms with Crippen LogP contribution >= 0.6 is 11.3 Å². The van der Waals surface area contributed by atoms with E-state index in [0.29, 0.717) is 18.5 Å². The lowest BCUT2D eigenvalue weighted by molar-refractivity contribution is -0.136. The normalized spacial score (nSPS) is 11.2. The summed E-state index contributed by atoms with van der Waals surface area (Å²) >= 11 is 1.65. The lowest BCUT2D eigenvalue weighted by Crippen LogP contribution is -2.25. The number of aryl methyl sites for hydroxylation is 2. The summed E-state index contributed by atoms with van der Waals surface area (Å²) in [5.41, 5.74) is 2.84. The first kappa shape index (κ1) is 21.1. The second kappa shape index (κ2) is 9.16. The van der Waals surface area contributed by atoms with Crippen LogP contribution in [-0.2, 0) is 21.2 Å². The van der Waals surface area contributed by atoms with Crippen molar-refractivity contribution in [2.75, 3.05) is 6.54 Å². The standard InChI is InChI=1S/C16H17NO3S2.C3H6O2/c1-11-6-8-21-16(11)5-7-17-22(18,19)13-3-4-15-14(9-13)12(2)10-20-15;1-2-3(4)5/h3-4,6,8-10,17H,5,7H2,1-2H3;2H2,1H3,(H,4,5). The summed E-state index contributed by atoms with van der Waals surface area (Å²) in [6.07, 6.45) is 2.56. The van der Waals surface area contributed by atoms with E-state index in [1.165, 1.54) is 10.4 Å². The van der Waals surface area contributed by atoms with Crippen molar-refractivity contribution in [3.63, 3.8) is 0 Å². The van der Waals surface area contributed by atoms with Gasteiger partial charge in [0.2, 0.25) is 10.0 Å². The quantitative estimate of drug-likeness (QED) is 0.638. The fourth-order valence-electron chi connectivity index (χ4n) is 2.35. The first-order valence-corrected chi connectivity index (χ1v) is 10.8. The number of sulfonamides is 1. The predicted molar refractivity (Wildman–Crippen MR) is 107 cm³/mol. The number of furan rings is 1. The second-order valence-electron chi connectivity index (χ2n) is 6.00. The van der Waals surface area contributed by atoms with E-state index in [9.17, 15) is 13.2 Å². The highest BCUT2D eigenvalue weighted by atomic mass is 32.2. The Balaban J connectivity index is 0.000000465. The van der Waals surface area contributed by atoms with Gasteiger partial charge in [-0.2, -0.15) is 0 Å². The monoisotopic (exact) mass is 409 g/mol. The number of hydrogen-bond donors (Lipinski definition) is 2. The number of fused-ring (bicyclic) bond motifs is 1. The van der Waals surface area contributed by atoms with Crippen molar-refractivity contribution in [3.8, 4) is 0 Å². The molecule has 2 N–H and O–H groups in total. The Labute approximate surface area is 162 Å². The summed E-state index contributed by atoms with van der Waals surface area (Å²) in [6, 6.07) is 6.97. The van der Waals surface area contributed by atoms with Crippen LogP contribution in [0.2, 0.25) is 0 Å². The Kier molecular flexibility index (Phi) is 7.18. The molecule has 2 heterocycles. The van der Waals surface area contributed by atoms with Crippen LogP contribution in [0, 0.1) is 13.8 Å². The molecule has 27 heavy (non-hydrogen) atoms. The molecule has 0 bridgehead atoms. The average molecular weight is 410 g/mol. The molecule has 3 rings (SSSR count). The van der Waals surface area contributed by atoms with Crippen molar-refractivity contribution in [3.05, 3.63) is 51.9 Å². The number of thiophene rings is 1. The Morgan fingerprint density at radius 2 is 1.93 bits per heavy atom. The van der Waals surface area contributed by atoms with Gasteiger partial charge in [0.25, 0.3) is 0 Å². The number of carboxylic acids is 1. The fourth-order valence-corrected chi connectivity index (χ4v) is 4.31. The number of hydrogen-bond acceptors (Lipinski definition) is 5. The Morgan fingerprint density at radius 3 is 2.52 bits per heavy atom. The molecule has 0 saturated heterocycles. The average Bonchev–Trinajstić information content (AvgIpc) is 3.21. The summed E-state index contributed by atoms with van der Waals surface area (Å²) < 4.78 is 32.8. The van der Waals surface area contributed by atoms with Gasteiger partial charge in [-0.25, -0.2) is 13.1 Å². The van der Waals surface area contributed by atoms with Gasteiger partial charge >= 0.3 is 5.97 Å². The lowest BCUT2D eigenvalue weighted by Gasteiger charge is -2.07. The zero-order valence-electron chi connectivity index (χ0n) is 15.5. The third-order valence-corrected chi connectivity index (χ3v) is 6.51. The summed E-state index contributed by atoms with van der Waals surface area (Å²) in [4.78, 5) is 10.9. The first-order valence-electron chi connectivity index (χ1n) is 8.47. The molecule has 0 fully saturated rings. The largest absolute Gasteiger partial charge is 0.481 e. The van der Waals surface area contributed by atoms with E-state index < -0.39 is 16.0 Å². The highest BCUT2D eigenvalue weighted by molar-refractivity contribution is 7.89. The molecule has 0 spiro atoms. The van der Waals surface area contributed by atoms with Gasteiger partial charge in [0.05, 0.1) is 11.2 Å².